The number of rotatable bonds is 3. The van der Waals surface area contributed by atoms with E-state index < -0.39 is 0 Å². The maximum atomic E-state index is 5.85. The van der Waals surface area contributed by atoms with Crippen LogP contribution in [0.15, 0.2) is 18.3 Å². The minimum Gasteiger partial charge on any atom is -0.368 e. The Bertz CT molecular complexity index is 757. The summed E-state index contributed by atoms with van der Waals surface area (Å²) in [5.74, 6) is 1.18. The average molecular weight is 300 g/mol. The van der Waals surface area contributed by atoms with Crippen LogP contribution in [0.1, 0.15) is 25.7 Å². The number of nitrogens with zero attached hydrogens (tertiary/aromatic N) is 3. The van der Waals surface area contributed by atoms with Crippen molar-refractivity contribution in [1.29, 1.82) is 0 Å². The van der Waals surface area contributed by atoms with E-state index in [2.05, 4.69) is 25.5 Å². The zero-order valence-electron chi connectivity index (χ0n) is 11.5. The predicted octanol–water partition coefficient (Wildman–Crippen LogP) is 3.02. The molecule has 108 valence electrons. The number of fused-ring (bicyclic) bond motifs is 1. The lowest BCUT2D eigenvalue weighted by molar-refractivity contribution is 0.752. The highest BCUT2D eigenvalue weighted by atomic mass is 32.1. The molecular formula is C14H16N6S. The molecule has 1 aliphatic rings. The van der Waals surface area contributed by atoms with E-state index in [-0.39, 0.29) is 0 Å². The van der Waals surface area contributed by atoms with Gasteiger partial charge in [-0.3, -0.25) is 5.10 Å². The molecule has 0 aromatic carbocycles. The number of nitrogens with one attached hydrogen (secondary N) is 2. The van der Waals surface area contributed by atoms with E-state index in [0.29, 0.717) is 12.0 Å². The van der Waals surface area contributed by atoms with Gasteiger partial charge in [-0.15, -0.1) is 11.3 Å². The van der Waals surface area contributed by atoms with Gasteiger partial charge in [0.05, 0.1) is 20.8 Å². The van der Waals surface area contributed by atoms with Crippen molar-refractivity contribution in [2.45, 2.75) is 31.7 Å². The van der Waals surface area contributed by atoms with Crippen molar-refractivity contribution in [3.63, 3.8) is 0 Å². The Morgan fingerprint density at radius 3 is 2.90 bits per heavy atom. The van der Waals surface area contributed by atoms with E-state index in [9.17, 15) is 0 Å². The predicted molar refractivity (Wildman–Crippen MR) is 85.3 cm³/mol. The summed E-state index contributed by atoms with van der Waals surface area (Å²) in [6, 6.07) is 4.48. The fourth-order valence-electron chi connectivity index (χ4n) is 2.84. The second kappa shape index (κ2) is 5.00. The van der Waals surface area contributed by atoms with Gasteiger partial charge in [-0.2, -0.15) is 10.1 Å². The number of aromatic nitrogens is 4. The molecule has 3 aromatic rings. The van der Waals surface area contributed by atoms with Crippen LogP contribution in [0, 0.1) is 0 Å². The lowest BCUT2D eigenvalue weighted by Gasteiger charge is -2.13. The van der Waals surface area contributed by atoms with Gasteiger partial charge >= 0.3 is 0 Å². The monoisotopic (exact) mass is 300 g/mol. The number of hydrogen-bond acceptors (Lipinski definition) is 6. The third-order valence-corrected chi connectivity index (χ3v) is 5.02. The summed E-state index contributed by atoms with van der Waals surface area (Å²) < 4.78 is 1.06. The number of anilines is 2. The molecule has 0 unspecified atom stereocenters. The van der Waals surface area contributed by atoms with Gasteiger partial charge in [-0.05, 0) is 25.0 Å². The number of aromatic amines is 1. The van der Waals surface area contributed by atoms with Crippen LogP contribution < -0.4 is 11.1 Å². The van der Waals surface area contributed by atoms with Crippen LogP contribution in [0.25, 0.3) is 20.8 Å². The Kier molecular flexibility index (Phi) is 2.99. The lowest BCUT2D eigenvalue weighted by atomic mass is 10.2. The van der Waals surface area contributed by atoms with Gasteiger partial charge in [0, 0.05) is 12.2 Å². The number of nitrogens with two attached hydrogens (primary N) is 1. The smallest absolute Gasteiger partial charge is 0.222 e. The minimum absolute atomic E-state index is 0.317. The summed E-state index contributed by atoms with van der Waals surface area (Å²) in [5, 5.41) is 10.5. The summed E-state index contributed by atoms with van der Waals surface area (Å²) in [5.41, 5.74) is 7.73. The highest BCUT2D eigenvalue weighted by molar-refractivity contribution is 7.22. The topological polar surface area (TPSA) is 92.5 Å². The normalized spacial score (nSPS) is 15.8. The molecule has 0 saturated heterocycles. The maximum absolute atomic E-state index is 5.85. The molecule has 1 fully saturated rings. The van der Waals surface area contributed by atoms with Crippen LogP contribution in [0.2, 0.25) is 0 Å². The van der Waals surface area contributed by atoms with Gasteiger partial charge in [0.15, 0.2) is 0 Å². The largest absolute Gasteiger partial charge is 0.368 e. The summed E-state index contributed by atoms with van der Waals surface area (Å²) in [7, 11) is 0. The van der Waals surface area contributed by atoms with E-state index in [1.165, 1.54) is 25.7 Å². The molecule has 3 heterocycles. The van der Waals surface area contributed by atoms with Crippen LogP contribution in [-0.4, -0.2) is 26.2 Å². The summed E-state index contributed by atoms with van der Waals surface area (Å²) in [6.45, 7) is 0. The summed E-state index contributed by atoms with van der Waals surface area (Å²) >= 11 is 1.66. The molecule has 0 atom stereocenters. The van der Waals surface area contributed by atoms with Crippen LogP contribution >= 0.6 is 11.3 Å². The van der Waals surface area contributed by atoms with Crippen LogP contribution in [0.5, 0.6) is 0 Å². The second-order valence-electron chi connectivity index (χ2n) is 5.35. The van der Waals surface area contributed by atoms with Crippen molar-refractivity contribution >= 4 is 33.3 Å². The van der Waals surface area contributed by atoms with Crippen LogP contribution in [-0.2, 0) is 0 Å². The Hall–Kier alpha value is -2.15. The third kappa shape index (κ3) is 2.33. The van der Waals surface area contributed by atoms with E-state index in [1.54, 1.807) is 17.5 Å². The molecule has 0 bridgehead atoms. The molecule has 0 aliphatic heterocycles. The van der Waals surface area contributed by atoms with Crippen molar-refractivity contribution in [3.8, 4) is 10.6 Å². The molecule has 7 heteroatoms. The van der Waals surface area contributed by atoms with Crippen LogP contribution in [0.4, 0.5) is 11.8 Å². The standard InChI is InChI=1S/C14H16N6S/c15-14-18-10-7-11(9-5-6-16-20-9)21-12(10)13(19-14)17-8-3-1-2-4-8/h5-8H,1-4H2,(H,16,20)(H3,15,17,18,19). The number of nitrogen functional groups attached to an aromatic ring is 1. The van der Waals surface area contributed by atoms with Gasteiger partial charge in [0.25, 0.3) is 0 Å². The molecule has 21 heavy (non-hydrogen) atoms. The molecule has 0 radical (unpaired) electrons. The van der Waals surface area contributed by atoms with Crippen molar-refractivity contribution in [1.82, 2.24) is 20.2 Å². The molecule has 1 aliphatic carbocycles. The van der Waals surface area contributed by atoms with Crippen LogP contribution in [0.3, 0.4) is 0 Å². The fraction of sp³-hybridized carbons (Fsp3) is 0.357. The third-order valence-electron chi connectivity index (χ3n) is 3.85. The van der Waals surface area contributed by atoms with Crippen molar-refractivity contribution < 1.29 is 0 Å². The average Bonchev–Trinajstić information content (AvgIpc) is 3.19. The zero-order valence-corrected chi connectivity index (χ0v) is 12.3. The Morgan fingerprint density at radius 1 is 1.29 bits per heavy atom. The molecule has 0 spiro atoms. The van der Waals surface area contributed by atoms with Crippen molar-refractivity contribution in [2.24, 2.45) is 0 Å². The highest BCUT2D eigenvalue weighted by Gasteiger charge is 2.18. The van der Waals surface area contributed by atoms with Gasteiger partial charge in [0.2, 0.25) is 5.95 Å². The number of hydrogen-bond donors (Lipinski definition) is 3. The van der Waals surface area contributed by atoms with E-state index >= 15 is 0 Å². The first-order chi connectivity index (χ1) is 10.3. The second-order valence-corrected chi connectivity index (χ2v) is 6.40. The fourth-order valence-corrected chi connectivity index (χ4v) is 3.86. The molecular weight excluding hydrogens is 284 g/mol. The maximum Gasteiger partial charge on any atom is 0.222 e. The van der Waals surface area contributed by atoms with E-state index in [1.807, 2.05) is 12.1 Å². The molecule has 1 saturated carbocycles. The van der Waals surface area contributed by atoms with Gasteiger partial charge in [0.1, 0.15) is 5.82 Å². The quantitative estimate of drug-likeness (QED) is 0.691. The Labute approximate surface area is 125 Å². The van der Waals surface area contributed by atoms with Gasteiger partial charge in [-0.25, -0.2) is 4.98 Å². The molecule has 4 rings (SSSR count). The van der Waals surface area contributed by atoms with Crippen molar-refractivity contribution in [2.75, 3.05) is 11.1 Å². The van der Waals surface area contributed by atoms with Crippen molar-refractivity contribution in [3.05, 3.63) is 18.3 Å². The molecule has 6 nitrogen and oxygen atoms in total. The number of H-pyrrole nitrogens is 1. The summed E-state index contributed by atoms with van der Waals surface area (Å²) in [6.07, 6.45) is 6.71. The zero-order chi connectivity index (χ0) is 14.2. The minimum atomic E-state index is 0.317. The summed E-state index contributed by atoms with van der Waals surface area (Å²) in [4.78, 5) is 9.84. The van der Waals surface area contributed by atoms with E-state index in [4.69, 9.17) is 5.73 Å². The first kappa shape index (κ1) is 12.6. The molecule has 4 N–H and O–H groups in total. The van der Waals surface area contributed by atoms with E-state index in [0.717, 1.165) is 26.6 Å². The van der Waals surface area contributed by atoms with Gasteiger partial charge < -0.3 is 11.1 Å². The molecule has 3 aromatic heterocycles. The lowest BCUT2D eigenvalue weighted by Crippen LogP contribution is -2.16. The Balaban J connectivity index is 1.78. The Morgan fingerprint density at radius 2 is 2.14 bits per heavy atom. The highest BCUT2D eigenvalue weighted by Crippen LogP contribution is 2.36. The molecule has 0 amide bonds. The first-order valence-corrected chi connectivity index (χ1v) is 7.94. The first-order valence-electron chi connectivity index (χ1n) is 7.13. The SMILES string of the molecule is Nc1nc(NC2CCCC2)c2sc(-c3ccn[nH]3)cc2n1. The number of thiophene rings is 1. The van der Waals surface area contributed by atoms with Gasteiger partial charge in [-0.1, -0.05) is 12.8 Å².